The van der Waals surface area contributed by atoms with E-state index in [0.717, 1.165) is 5.19 Å². The van der Waals surface area contributed by atoms with E-state index in [1.165, 1.54) is 0 Å². The van der Waals surface area contributed by atoms with E-state index in [2.05, 4.69) is 0 Å². The Morgan fingerprint density at radius 2 is 1.57 bits per heavy atom. The number of halogens is 1. The molecular weight excluding hydrogens is 216 g/mol. The Hall–Kier alpha value is -0.353. The highest BCUT2D eigenvalue weighted by atomic mass is 35.6. The monoisotopic (exact) mass is 230 g/mol. The van der Waals surface area contributed by atoms with Crippen molar-refractivity contribution in [3.05, 3.63) is 30.3 Å². The van der Waals surface area contributed by atoms with Crippen LogP contribution in [0.25, 0.3) is 0 Å². The molecule has 0 fully saturated rings. The second-order valence-electron chi connectivity index (χ2n) is 2.77. The number of hydrogen-bond acceptors (Lipinski definition) is 2. The summed E-state index contributed by atoms with van der Waals surface area (Å²) in [6.07, 6.45) is 0. The predicted molar refractivity (Wildman–Crippen MR) is 60.9 cm³/mol. The van der Waals surface area contributed by atoms with Crippen molar-refractivity contribution in [3.8, 4) is 0 Å². The maximum absolute atomic E-state index is 6.36. The first kappa shape index (κ1) is 11.7. The smallest absolute Gasteiger partial charge is 0.380 e. The van der Waals surface area contributed by atoms with Gasteiger partial charge in [0.05, 0.1) is 0 Å². The van der Waals surface area contributed by atoms with E-state index in [1.807, 2.05) is 44.2 Å². The molecule has 0 saturated heterocycles. The second-order valence-corrected chi connectivity index (χ2v) is 6.49. The Kier molecular flexibility index (Phi) is 4.61. The maximum Gasteiger partial charge on any atom is 0.478 e. The molecule has 0 aromatic heterocycles. The van der Waals surface area contributed by atoms with Crippen LogP contribution >= 0.6 is 11.1 Å². The molecule has 0 spiro atoms. The van der Waals surface area contributed by atoms with E-state index in [4.69, 9.17) is 19.9 Å². The highest BCUT2D eigenvalue weighted by molar-refractivity contribution is 7.20. The highest BCUT2D eigenvalue weighted by Crippen LogP contribution is 2.13. The van der Waals surface area contributed by atoms with Crippen molar-refractivity contribution in [3.63, 3.8) is 0 Å². The Morgan fingerprint density at radius 1 is 1.07 bits per heavy atom. The molecule has 0 radical (unpaired) electrons. The molecule has 0 aliphatic carbocycles. The van der Waals surface area contributed by atoms with Crippen LogP contribution < -0.4 is 5.19 Å². The first-order valence-electron chi connectivity index (χ1n) is 4.75. The van der Waals surface area contributed by atoms with E-state index < -0.39 is 7.87 Å². The van der Waals surface area contributed by atoms with Gasteiger partial charge in [0.25, 0.3) is 0 Å². The van der Waals surface area contributed by atoms with Crippen molar-refractivity contribution in [2.24, 2.45) is 0 Å². The van der Waals surface area contributed by atoms with Crippen LogP contribution in [0.5, 0.6) is 0 Å². The molecular formula is C10H15ClO2Si. The lowest BCUT2D eigenvalue weighted by atomic mass is 10.4. The number of rotatable bonds is 5. The lowest BCUT2D eigenvalue weighted by molar-refractivity contribution is 0.215. The summed E-state index contributed by atoms with van der Waals surface area (Å²) < 4.78 is 11.1. The van der Waals surface area contributed by atoms with Gasteiger partial charge in [-0.2, -0.15) is 0 Å². The van der Waals surface area contributed by atoms with Gasteiger partial charge in [-0.05, 0) is 13.8 Å². The topological polar surface area (TPSA) is 18.5 Å². The summed E-state index contributed by atoms with van der Waals surface area (Å²) in [6, 6.07) is 9.73. The zero-order chi connectivity index (χ0) is 10.4. The van der Waals surface area contributed by atoms with E-state index in [9.17, 15) is 0 Å². The second kappa shape index (κ2) is 5.51. The molecule has 78 valence electrons. The number of benzene rings is 1. The molecule has 14 heavy (non-hydrogen) atoms. The summed E-state index contributed by atoms with van der Waals surface area (Å²) >= 11 is 6.36. The first-order chi connectivity index (χ1) is 6.73. The normalized spacial score (nSPS) is 11.6. The Balaban J connectivity index is 2.87. The van der Waals surface area contributed by atoms with Crippen LogP contribution in [0.2, 0.25) is 0 Å². The third-order valence-electron chi connectivity index (χ3n) is 1.78. The fourth-order valence-electron chi connectivity index (χ4n) is 1.22. The van der Waals surface area contributed by atoms with Gasteiger partial charge >= 0.3 is 7.87 Å². The first-order valence-corrected chi connectivity index (χ1v) is 7.58. The molecule has 0 unspecified atom stereocenters. The van der Waals surface area contributed by atoms with Crippen LogP contribution in [-0.2, 0) is 8.85 Å². The summed E-state index contributed by atoms with van der Waals surface area (Å²) in [7, 11) is -2.65. The third kappa shape index (κ3) is 2.82. The Bertz CT molecular complexity index is 260. The molecule has 0 bridgehead atoms. The SMILES string of the molecule is CCO[Si](Cl)(OCC)c1ccccc1. The van der Waals surface area contributed by atoms with E-state index >= 15 is 0 Å². The standard InChI is InChI=1S/C10H15ClO2Si/c1-3-12-14(11,13-4-2)10-8-6-5-7-9-10/h5-9H,3-4H2,1-2H3. The average molecular weight is 231 g/mol. The molecule has 1 aromatic carbocycles. The van der Waals surface area contributed by atoms with Gasteiger partial charge in [0, 0.05) is 18.4 Å². The summed E-state index contributed by atoms with van der Waals surface area (Å²) in [5.41, 5.74) is 0. The van der Waals surface area contributed by atoms with Crippen molar-refractivity contribution in [1.82, 2.24) is 0 Å². The minimum absolute atomic E-state index is 0.574. The molecule has 0 saturated carbocycles. The molecule has 0 amide bonds. The molecule has 2 nitrogen and oxygen atoms in total. The van der Waals surface area contributed by atoms with Crippen molar-refractivity contribution >= 4 is 24.1 Å². The van der Waals surface area contributed by atoms with Gasteiger partial charge in [-0.15, -0.1) is 0 Å². The molecule has 1 aromatic rings. The minimum atomic E-state index is -2.65. The average Bonchev–Trinajstić information content (AvgIpc) is 2.20. The highest BCUT2D eigenvalue weighted by Gasteiger charge is 2.37. The van der Waals surface area contributed by atoms with Crippen molar-refractivity contribution in [1.29, 1.82) is 0 Å². The van der Waals surface area contributed by atoms with Gasteiger partial charge in [-0.3, -0.25) is 0 Å². The van der Waals surface area contributed by atoms with Crippen LogP contribution in [0.15, 0.2) is 30.3 Å². The van der Waals surface area contributed by atoms with E-state index in [1.54, 1.807) is 0 Å². The van der Waals surface area contributed by atoms with Gasteiger partial charge in [0.15, 0.2) is 0 Å². The van der Waals surface area contributed by atoms with Crippen molar-refractivity contribution in [2.75, 3.05) is 13.2 Å². The summed E-state index contributed by atoms with van der Waals surface area (Å²) in [5.74, 6) is 0. The van der Waals surface area contributed by atoms with Crippen LogP contribution in [0.4, 0.5) is 0 Å². The largest absolute Gasteiger partial charge is 0.478 e. The van der Waals surface area contributed by atoms with E-state index in [0.29, 0.717) is 13.2 Å². The van der Waals surface area contributed by atoms with Gasteiger partial charge in [0.2, 0.25) is 0 Å². The molecule has 0 aliphatic rings. The summed E-state index contributed by atoms with van der Waals surface area (Å²) in [4.78, 5) is 0. The van der Waals surface area contributed by atoms with Crippen molar-refractivity contribution < 1.29 is 8.85 Å². The van der Waals surface area contributed by atoms with Gasteiger partial charge in [0.1, 0.15) is 0 Å². The lowest BCUT2D eigenvalue weighted by Gasteiger charge is -2.22. The van der Waals surface area contributed by atoms with Crippen molar-refractivity contribution in [2.45, 2.75) is 13.8 Å². The van der Waals surface area contributed by atoms with Gasteiger partial charge in [-0.1, -0.05) is 41.4 Å². The Morgan fingerprint density at radius 3 is 2.00 bits per heavy atom. The molecule has 0 atom stereocenters. The molecule has 0 aliphatic heterocycles. The maximum atomic E-state index is 6.36. The predicted octanol–water partition coefficient (Wildman–Crippen LogP) is 2.14. The van der Waals surface area contributed by atoms with Gasteiger partial charge < -0.3 is 8.85 Å². The molecule has 1 rings (SSSR count). The van der Waals surface area contributed by atoms with Crippen LogP contribution in [-0.4, -0.2) is 21.1 Å². The quantitative estimate of drug-likeness (QED) is 0.570. The zero-order valence-electron chi connectivity index (χ0n) is 8.50. The summed E-state index contributed by atoms with van der Waals surface area (Å²) in [6.45, 7) is 4.99. The zero-order valence-corrected chi connectivity index (χ0v) is 10.3. The van der Waals surface area contributed by atoms with Gasteiger partial charge in [-0.25, -0.2) is 0 Å². The number of hydrogen-bond donors (Lipinski definition) is 0. The fraction of sp³-hybridized carbons (Fsp3) is 0.400. The molecule has 0 heterocycles. The van der Waals surface area contributed by atoms with Crippen LogP contribution in [0, 0.1) is 0 Å². The minimum Gasteiger partial charge on any atom is -0.380 e. The third-order valence-corrected chi connectivity index (χ3v) is 5.43. The fourth-order valence-corrected chi connectivity index (χ4v) is 4.00. The molecule has 0 N–H and O–H groups in total. The summed E-state index contributed by atoms with van der Waals surface area (Å²) in [5, 5.41) is 0.963. The van der Waals surface area contributed by atoms with Crippen LogP contribution in [0.3, 0.4) is 0 Å². The lowest BCUT2D eigenvalue weighted by Crippen LogP contribution is -2.48. The van der Waals surface area contributed by atoms with E-state index in [-0.39, 0.29) is 0 Å². The van der Waals surface area contributed by atoms with Crippen LogP contribution in [0.1, 0.15) is 13.8 Å². The molecule has 4 heteroatoms. The Labute approximate surface area is 90.8 Å².